The number of benzene rings is 2. The Morgan fingerprint density at radius 1 is 1.00 bits per heavy atom. The minimum atomic E-state index is -3.70. The third kappa shape index (κ3) is 3.50. The third-order valence-corrected chi connectivity index (χ3v) is 6.88. The van der Waals surface area contributed by atoms with Crippen molar-refractivity contribution >= 4 is 38.2 Å². The molecule has 0 radical (unpaired) electrons. The molecule has 0 saturated carbocycles. The number of sulfonamides is 1. The number of hydrogen-bond donors (Lipinski definition) is 0. The highest BCUT2D eigenvalue weighted by atomic mass is 35.5. The summed E-state index contributed by atoms with van der Waals surface area (Å²) in [6.07, 6.45) is 1.85. The lowest BCUT2D eigenvalue weighted by molar-refractivity contribution is -0.344. The summed E-state index contributed by atoms with van der Waals surface area (Å²) in [4.78, 5) is 5.32. The summed E-state index contributed by atoms with van der Waals surface area (Å²) >= 11 is 6.06. The summed E-state index contributed by atoms with van der Waals surface area (Å²) in [6.45, 7) is 1.78. The van der Waals surface area contributed by atoms with Crippen LogP contribution in [0.15, 0.2) is 59.6 Å². The maximum absolute atomic E-state index is 13.4. The number of halogens is 2. The molecule has 8 heteroatoms. The standard InChI is InChI=1S/C19H17ClFN3O2S/c20-14-4-5-17-18(12-14)22-7-6-19(17)23-8-10-24(11-9-23)27(25,26)16-3-1-2-15(21)13-16/h1-7,12-13H,8-11H2/p+1. The molecule has 1 N–H and O–H groups in total. The van der Waals surface area contributed by atoms with Crippen LogP contribution in [-0.4, -0.2) is 38.9 Å². The van der Waals surface area contributed by atoms with E-state index >= 15 is 0 Å². The normalized spacial score (nSPS) is 16.0. The quantitative estimate of drug-likeness (QED) is 0.672. The highest BCUT2D eigenvalue weighted by Crippen LogP contribution is 2.28. The highest BCUT2D eigenvalue weighted by Gasteiger charge is 2.29. The van der Waals surface area contributed by atoms with E-state index < -0.39 is 15.8 Å². The van der Waals surface area contributed by atoms with Crippen LogP contribution in [0, 0.1) is 5.82 Å². The highest BCUT2D eigenvalue weighted by molar-refractivity contribution is 7.89. The van der Waals surface area contributed by atoms with E-state index in [-0.39, 0.29) is 4.90 Å². The van der Waals surface area contributed by atoms with Gasteiger partial charge in [0, 0.05) is 43.3 Å². The Kier molecular flexibility index (Phi) is 4.75. The molecular formula is C19H18ClFN3O2S+. The Balaban J connectivity index is 1.56. The molecule has 0 aliphatic carbocycles. The number of aromatic nitrogens is 1. The van der Waals surface area contributed by atoms with Crippen molar-refractivity contribution in [3.05, 3.63) is 65.6 Å². The molecule has 0 amide bonds. The van der Waals surface area contributed by atoms with Gasteiger partial charge in [0.2, 0.25) is 15.5 Å². The number of aromatic amines is 1. The van der Waals surface area contributed by atoms with Gasteiger partial charge in [-0.15, -0.1) is 0 Å². The van der Waals surface area contributed by atoms with Crippen molar-refractivity contribution in [3.63, 3.8) is 0 Å². The largest absolute Gasteiger partial charge is 0.368 e. The molecule has 3 aromatic rings. The Morgan fingerprint density at radius 2 is 1.78 bits per heavy atom. The van der Waals surface area contributed by atoms with E-state index in [4.69, 9.17) is 11.6 Å². The Labute approximate surface area is 162 Å². The Hall–Kier alpha value is -2.22. The first kappa shape index (κ1) is 18.2. The topological polar surface area (TPSA) is 54.8 Å². The van der Waals surface area contributed by atoms with Crippen LogP contribution in [0.3, 0.4) is 0 Å². The van der Waals surface area contributed by atoms with Gasteiger partial charge in [0.1, 0.15) is 5.82 Å². The average molecular weight is 407 g/mol. The van der Waals surface area contributed by atoms with Crippen LogP contribution in [0.4, 0.5) is 10.1 Å². The van der Waals surface area contributed by atoms with Crippen LogP contribution >= 0.6 is 11.6 Å². The minimum absolute atomic E-state index is 0.00893. The number of nitrogens with one attached hydrogen (secondary N) is 1. The van der Waals surface area contributed by atoms with Gasteiger partial charge < -0.3 is 4.90 Å². The van der Waals surface area contributed by atoms with Gasteiger partial charge in [-0.1, -0.05) is 17.7 Å². The molecule has 2 heterocycles. The van der Waals surface area contributed by atoms with Crippen LogP contribution < -0.4 is 9.88 Å². The molecule has 27 heavy (non-hydrogen) atoms. The van der Waals surface area contributed by atoms with Gasteiger partial charge >= 0.3 is 0 Å². The van der Waals surface area contributed by atoms with E-state index in [0.29, 0.717) is 31.2 Å². The maximum atomic E-state index is 13.4. The van der Waals surface area contributed by atoms with Crippen molar-refractivity contribution in [1.29, 1.82) is 0 Å². The first-order chi connectivity index (χ1) is 12.9. The first-order valence-corrected chi connectivity index (χ1v) is 10.4. The van der Waals surface area contributed by atoms with Gasteiger partial charge in [-0.3, -0.25) is 0 Å². The third-order valence-electron chi connectivity index (χ3n) is 4.75. The number of anilines is 1. The van der Waals surface area contributed by atoms with Crippen LogP contribution in [0.5, 0.6) is 0 Å². The number of H-pyrrole nitrogens is 1. The van der Waals surface area contributed by atoms with E-state index in [0.717, 1.165) is 22.7 Å². The van der Waals surface area contributed by atoms with Crippen molar-refractivity contribution in [2.24, 2.45) is 0 Å². The molecule has 0 spiro atoms. The van der Waals surface area contributed by atoms with Gasteiger partial charge in [-0.25, -0.2) is 17.8 Å². The van der Waals surface area contributed by atoms with Gasteiger partial charge in [-0.2, -0.15) is 4.31 Å². The van der Waals surface area contributed by atoms with Crippen LogP contribution in [0.25, 0.3) is 10.9 Å². The van der Waals surface area contributed by atoms with Gasteiger partial charge in [0.25, 0.3) is 0 Å². The zero-order chi connectivity index (χ0) is 19.0. The van der Waals surface area contributed by atoms with Crippen LogP contribution in [0.2, 0.25) is 5.02 Å². The molecule has 1 aliphatic rings. The van der Waals surface area contributed by atoms with Crippen LogP contribution in [0.1, 0.15) is 0 Å². The predicted molar refractivity (Wildman–Crippen MR) is 103 cm³/mol. The number of rotatable bonds is 3. The second-order valence-corrected chi connectivity index (χ2v) is 8.78. The van der Waals surface area contributed by atoms with Crippen molar-refractivity contribution in [1.82, 2.24) is 4.31 Å². The Bertz CT molecular complexity index is 1100. The van der Waals surface area contributed by atoms with E-state index in [1.54, 1.807) is 0 Å². The van der Waals surface area contributed by atoms with Gasteiger partial charge in [-0.05, 0) is 30.3 Å². The van der Waals surface area contributed by atoms with Crippen LogP contribution in [-0.2, 0) is 10.0 Å². The lowest BCUT2D eigenvalue weighted by Crippen LogP contribution is -2.48. The van der Waals surface area contributed by atoms with Crippen molar-refractivity contribution in [2.45, 2.75) is 4.90 Å². The molecule has 140 valence electrons. The molecule has 1 aromatic heterocycles. The van der Waals surface area contributed by atoms with Gasteiger partial charge in [0.05, 0.1) is 16.0 Å². The van der Waals surface area contributed by atoms with Gasteiger partial charge in [0.15, 0.2) is 6.20 Å². The smallest absolute Gasteiger partial charge is 0.243 e. The lowest BCUT2D eigenvalue weighted by atomic mass is 10.1. The molecule has 0 unspecified atom stereocenters. The number of piperazine rings is 1. The van der Waals surface area contributed by atoms with Crippen molar-refractivity contribution < 1.29 is 17.8 Å². The van der Waals surface area contributed by atoms with E-state index in [1.807, 2.05) is 30.5 Å². The summed E-state index contributed by atoms with van der Waals surface area (Å²) in [7, 11) is -3.70. The SMILES string of the molecule is O=S(=O)(c1cccc(F)c1)N1CCN(c2cc[nH+]c3cc(Cl)ccc23)CC1. The maximum Gasteiger partial charge on any atom is 0.243 e. The molecule has 1 aliphatic heterocycles. The fraction of sp³-hybridized carbons (Fsp3) is 0.211. The number of pyridine rings is 1. The lowest BCUT2D eigenvalue weighted by Gasteiger charge is -2.35. The monoisotopic (exact) mass is 406 g/mol. The molecule has 0 atom stereocenters. The summed E-state index contributed by atoms with van der Waals surface area (Å²) in [6, 6.07) is 12.8. The fourth-order valence-corrected chi connectivity index (χ4v) is 5.01. The fourth-order valence-electron chi connectivity index (χ4n) is 3.38. The van der Waals surface area contributed by atoms with Crippen molar-refractivity contribution in [3.8, 4) is 0 Å². The summed E-state index contributed by atoms with van der Waals surface area (Å²) in [5, 5.41) is 1.69. The summed E-state index contributed by atoms with van der Waals surface area (Å²) < 4.78 is 40.3. The second-order valence-electron chi connectivity index (χ2n) is 6.40. The molecule has 2 aromatic carbocycles. The Morgan fingerprint density at radius 3 is 2.52 bits per heavy atom. The minimum Gasteiger partial charge on any atom is -0.368 e. The average Bonchev–Trinajstić information content (AvgIpc) is 2.67. The molecule has 5 nitrogen and oxygen atoms in total. The number of fused-ring (bicyclic) bond motifs is 1. The molecule has 0 bridgehead atoms. The second kappa shape index (κ2) is 7.07. The molecule has 1 fully saturated rings. The van der Waals surface area contributed by atoms with E-state index in [2.05, 4.69) is 9.88 Å². The number of nitrogens with zero attached hydrogens (tertiary/aromatic N) is 2. The summed E-state index contributed by atoms with van der Waals surface area (Å²) in [5.41, 5.74) is 1.96. The zero-order valence-corrected chi connectivity index (χ0v) is 16.0. The molecule has 1 saturated heterocycles. The van der Waals surface area contributed by atoms with E-state index in [1.165, 1.54) is 22.5 Å². The predicted octanol–water partition coefficient (Wildman–Crippen LogP) is 2.96. The van der Waals surface area contributed by atoms with Crippen molar-refractivity contribution in [2.75, 3.05) is 31.1 Å². The molecule has 4 rings (SSSR count). The summed E-state index contributed by atoms with van der Waals surface area (Å²) in [5.74, 6) is -0.555. The zero-order valence-electron chi connectivity index (χ0n) is 14.4. The van der Waals surface area contributed by atoms with E-state index in [9.17, 15) is 12.8 Å². The molecular weight excluding hydrogens is 389 g/mol. The number of hydrogen-bond acceptors (Lipinski definition) is 3. The first-order valence-electron chi connectivity index (χ1n) is 8.56.